The van der Waals surface area contributed by atoms with Gasteiger partial charge in [-0.1, -0.05) is 11.6 Å². The fourth-order valence-corrected chi connectivity index (χ4v) is 2.78. The average molecular weight is 317 g/mol. The molecule has 0 amide bonds. The molecule has 1 aliphatic heterocycles. The van der Waals surface area contributed by atoms with Crippen LogP contribution in [0, 0.1) is 15.9 Å². The summed E-state index contributed by atoms with van der Waals surface area (Å²) in [6.45, 7) is 1.85. The van der Waals surface area contributed by atoms with Crippen molar-refractivity contribution >= 4 is 28.9 Å². The smallest absolute Gasteiger partial charge is 0.329 e. The van der Waals surface area contributed by atoms with Crippen LogP contribution in [0.2, 0.25) is 5.02 Å². The van der Waals surface area contributed by atoms with Crippen molar-refractivity contribution in [2.45, 2.75) is 31.7 Å². The minimum absolute atomic E-state index is 0.0380. The maximum absolute atomic E-state index is 13.5. The number of carboxylic acids is 1. The lowest BCUT2D eigenvalue weighted by Crippen LogP contribution is -2.55. The van der Waals surface area contributed by atoms with Crippen LogP contribution in [0.5, 0.6) is 0 Å². The average Bonchev–Trinajstić information content (AvgIpc) is 2.41. The maximum Gasteiger partial charge on any atom is 0.329 e. The second kappa shape index (κ2) is 5.48. The van der Waals surface area contributed by atoms with Gasteiger partial charge in [-0.05, 0) is 32.3 Å². The number of nitro benzene ring substituents is 1. The Balaban J connectivity index is 2.60. The minimum atomic E-state index is -1.27. The summed E-state index contributed by atoms with van der Waals surface area (Å²) in [5.41, 5.74) is -1.72. The summed E-state index contributed by atoms with van der Waals surface area (Å²) in [5.74, 6) is -1.97. The van der Waals surface area contributed by atoms with Gasteiger partial charge in [0.2, 0.25) is 0 Å². The molecule has 1 fully saturated rings. The quantitative estimate of drug-likeness (QED) is 0.683. The molecule has 0 spiro atoms. The predicted octanol–water partition coefficient (Wildman–Crippen LogP) is 3.22. The molecule has 1 aliphatic rings. The van der Waals surface area contributed by atoms with Gasteiger partial charge < -0.3 is 10.0 Å². The fraction of sp³-hybridized carbons (Fsp3) is 0.462. The molecule has 1 heterocycles. The Morgan fingerprint density at radius 3 is 2.76 bits per heavy atom. The van der Waals surface area contributed by atoms with Crippen LogP contribution >= 0.6 is 11.6 Å². The van der Waals surface area contributed by atoms with Crippen LogP contribution < -0.4 is 4.90 Å². The monoisotopic (exact) mass is 316 g/mol. The van der Waals surface area contributed by atoms with Crippen LogP contribution in [0.25, 0.3) is 0 Å². The zero-order valence-corrected chi connectivity index (χ0v) is 12.1. The molecule has 1 aromatic rings. The fourth-order valence-electron chi connectivity index (χ4n) is 2.62. The Morgan fingerprint density at radius 2 is 2.19 bits per heavy atom. The predicted molar refractivity (Wildman–Crippen MR) is 75.3 cm³/mol. The highest BCUT2D eigenvalue weighted by Crippen LogP contribution is 2.40. The van der Waals surface area contributed by atoms with E-state index in [0.29, 0.717) is 25.8 Å². The van der Waals surface area contributed by atoms with Gasteiger partial charge in [0, 0.05) is 6.54 Å². The standard InChI is InChI=1S/C13H14ClFN2O4/c1-13(12(18)19)4-2-3-5-16(13)10-6-8(14)9(15)7-11(10)17(20)21/h6-7H,2-5H2,1H3,(H,18,19). The number of aliphatic carboxylic acids is 1. The van der Waals surface area contributed by atoms with Crippen molar-refractivity contribution in [1.29, 1.82) is 0 Å². The van der Waals surface area contributed by atoms with Gasteiger partial charge in [0.05, 0.1) is 16.0 Å². The molecule has 1 atom stereocenters. The lowest BCUT2D eigenvalue weighted by molar-refractivity contribution is -0.384. The number of nitro groups is 1. The normalized spacial score (nSPS) is 22.1. The van der Waals surface area contributed by atoms with Gasteiger partial charge in [-0.2, -0.15) is 0 Å². The second-order valence-corrected chi connectivity index (χ2v) is 5.61. The van der Waals surface area contributed by atoms with Gasteiger partial charge in [-0.15, -0.1) is 0 Å². The van der Waals surface area contributed by atoms with Crippen LogP contribution in [0.1, 0.15) is 26.2 Å². The molecule has 21 heavy (non-hydrogen) atoms. The minimum Gasteiger partial charge on any atom is -0.480 e. The number of nitrogens with zero attached hydrogens (tertiary/aromatic N) is 2. The summed E-state index contributed by atoms with van der Waals surface area (Å²) in [6.07, 6.45) is 1.77. The first-order chi connectivity index (χ1) is 9.77. The van der Waals surface area contributed by atoms with E-state index in [1.165, 1.54) is 11.8 Å². The number of carboxylic acid groups (broad SMARTS) is 1. The summed E-state index contributed by atoms with van der Waals surface area (Å²) in [5, 5.41) is 20.3. The van der Waals surface area contributed by atoms with Crippen LogP contribution in [0.15, 0.2) is 12.1 Å². The van der Waals surface area contributed by atoms with Gasteiger partial charge in [-0.25, -0.2) is 9.18 Å². The van der Waals surface area contributed by atoms with Crippen LogP contribution in [0.4, 0.5) is 15.8 Å². The van der Waals surface area contributed by atoms with Crippen molar-refractivity contribution in [2.24, 2.45) is 0 Å². The molecule has 0 aliphatic carbocycles. The zero-order chi connectivity index (χ0) is 15.8. The first kappa shape index (κ1) is 15.5. The Bertz CT molecular complexity index is 610. The topological polar surface area (TPSA) is 83.7 Å². The molecule has 1 N–H and O–H groups in total. The molecule has 0 saturated carbocycles. The number of piperidine rings is 1. The molecule has 114 valence electrons. The van der Waals surface area contributed by atoms with Crippen molar-refractivity contribution < 1.29 is 19.2 Å². The van der Waals surface area contributed by atoms with E-state index in [4.69, 9.17) is 11.6 Å². The van der Waals surface area contributed by atoms with Gasteiger partial charge in [-0.3, -0.25) is 10.1 Å². The van der Waals surface area contributed by atoms with Crippen LogP contribution in [0.3, 0.4) is 0 Å². The first-order valence-electron chi connectivity index (χ1n) is 6.42. The van der Waals surface area contributed by atoms with Crippen molar-refractivity contribution in [3.05, 3.63) is 33.1 Å². The summed E-state index contributed by atoms with van der Waals surface area (Å²) >= 11 is 5.71. The third kappa shape index (κ3) is 2.65. The molecule has 6 nitrogen and oxygen atoms in total. The number of benzene rings is 1. The van der Waals surface area contributed by atoms with Crippen molar-refractivity contribution in [3.63, 3.8) is 0 Å². The lowest BCUT2D eigenvalue weighted by atomic mass is 9.87. The highest BCUT2D eigenvalue weighted by Gasteiger charge is 2.43. The highest BCUT2D eigenvalue weighted by molar-refractivity contribution is 6.31. The van der Waals surface area contributed by atoms with Gasteiger partial charge >= 0.3 is 5.97 Å². The Morgan fingerprint density at radius 1 is 1.52 bits per heavy atom. The van der Waals surface area contributed by atoms with Gasteiger partial charge in [0.25, 0.3) is 5.69 Å². The maximum atomic E-state index is 13.5. The van der Waals surface area contributed by atoms with E-state index in [9.17, 15) is 24.4 Å². The van der Waals surface area contributed by atoms with Crippen molar-refractivity contribution in [3.8, 4) is 0 Å². The third-order valence-corrected chi connectivity index (χ3v) is 4.15. The van der Waals surface area contributed by atoms with E-state index >= 15 is 0 Å². The highest BCUT2D eigenvalue weighted by atomic mass is 35.5. The summed E-state index contributed by atoms with van der Waals surface area (Å²) in [4.78, 5) is 23.4. The number of halogens is 2. The molecule has 1 saturated heterocycles. The molecule has 1 aromatic carbocycles. The van der Waals surface area contributed by atoms with E-state index < -0.39 is 27.9 Å². The molecule has 0 bridgehead atoms. The molecular formula is C13H14ClFN2O4. The molecular weight excluding hydrogens is 303 g/mol. The molecule has 1 unspecified atom stereocenters. The second-order valence-electron chi connectivity index (χ2n) is 5.20. The van der Waals surface area contributed by atoms with Gasteiger partial charge in [0.15, 0.2) is 0 Å². The third-order valence-electron chi connectivity index (χ3n) is 3.86. The molecule has 8 heteroatoms. The zero-order valence-electron chi connectivity index (χ0n) is 11.3. The van der Waals surface area contributed by atoms with E-state index in [1.807, 2.05) is 0 Å². The molecule has 2 rings (SSSR count). The van der Waals surface area contributed by atoms with E-state index in [2.05, 4.69) is 0 Å². The Hall–Kier alpha value is -1.89. The number of carbonyl (C=O) groups is 1. The summed E-state index contributed by atoms with van der Waals surface area (Å²) in [7, 11) is 0. The van der Waals surface area contributed by atoms with E-state index in [-0.39, 0.29) is 10.7 Å². The van der Waals surface area contributed by atoms with Gasteiger partial charge in [0.1, 0.15) is 17.0 Å². The molecule has 0 aromatic heterocycles. The first-order valence-corrected chi connectivity index (χ1v) is 6.79. The lowest BCUT2D eigenvalue weighted by Gasteiger charge is -2.42. The number of hydrogen-bond donors (Lipinski definition) is 1. The summed E-state index contributed by atoms with van der Waals surface area (Å²) in [6, 6.07) is 1.86. The van der Waals surface area contributed by atoms with Crippen LogP contribution in [-0.2, 0) is 4.79 Å². The SMILES string of the molecule is CC1(C(=O)O)CCCCN1c1cc(Cl)c(F)cc1[N+](=O)[O-]. The van der Waals surface area contributed by atoms with E-state index in [1.54, 1.807) is 0 Å². The van der Waals surface area contributed by atoms with Crippen molar-refractivity contribution in [2.75, 3.05) is 11.4 Å². The Labute approximate surface area is 125 Å². The number of anilines is 1. The number of hydrogen-bond acceptors (Lipinski definition) is 4. The summed E-state index contributed by atoms with van der Waals surface area (Å²) < 4.78 is 13.5. The van der Waals surface area contributed by atoms with Crippen molar-refractivity contribution in [1.82, 2.24) is 0 Å². The molecule has 0 radical (unpaired) electrons. The largest absolute Gasteiger partial charge is 0.480 e. The number of rotatable bonds is 3. The Kier molecular flexibility index (Phi) is 4.04. The van der Waals surface area contributed by atoms with Crippen LogP contribution in [-0.4, -0.2) is 28.1 Å². The van der Waals surface area contributed by atoms with E-state index in [0.717, 1.165) is 12.1 Å².